The van der Waals surface area contributed by atoms with Gasteiger partial charge in [-0.25, -0.2) is 9.18 Å². The minimum absolute atomic E-state index is 0.0169. The van der Waals surface area contributed by atoms with E-state index >= 15 is 4.39 Å². The second kappa shape index (κ2) is 7.81. The van der Waals surface area contributed by atoms with Crippen molar-refractivity contribution in [2.45, 2.75) is 56.2 Å². The number of methoxy groups -OCH3 is 1. The van der Waals surface area contributed by atoms with Crippen molar-refractivity contribution in [1.29, 1.82) is 0 Å². The first-order valence-electron chi connectivity index (χ1n) is 10.7. The number of nitrogens with zero attached hydrogens (tertiary/aromatic N) is 1. The largest absolute Gasteiger partial charge is 0.395 e. The maximum atomic E-state index is 15.4. The molecule has 0 spiro atoms. The number of halogens is 1. The third-order valence-electron chi connectivity index (χ3n) is 6.80. The summed E-state index contributed by atoms with van der Waals surface area (Å²) in [5.41, 5.74) is 6.78. The Labute approximate surface area is 182 Å². The first-order chi connectivity index (χ1) is 14.9. The number of aromatic nitrogens is 2. The molecule has 2 heterocycles. The molecule has 0 saturated heterocycles. The van der Waals surface area contributed by atoms with Crippen LogP contribution in [-0.2, 0) is 17.6 Å². The van der Waals surface area contributed by atoms with Crippen LogP contribution in [0.1, 0.15) is 63.9 Å². The molecule has 4 atom stereocenters. The van der Waals surface area contributed by atoms with Crippen LogP contribution >= 0.6 is 11.3 Å². The fourth-order valence-electron chi connectivity index (χ4n) is 5.01. The average Bonchev–Trinajstić information content (AvgIpc) is 3.50. The van der Waals surface area contributed by atoms with Gasteiger partial charge in [-0.15, -0.1) is 11.3 Å². The number of aliphatic hydroxyl groups is 1. The van der Waals surface area contributed by atoms with E-state index < -0.39 is 29.1 Å². The zero-order valence-corrected chi connectivity index (χ0v) is 18.1. The molecule has 4 N–H and O–H groups in total. The Bertz CT molecular complexity index is 1160. The lowest BCUT2D eigenvalue weighted by Crippen LogP contribution is -2.38. The third kappa shape index (κ3) is 3.44. The van der Waals surface area contributed by atoms with E-state index in [1.54, 1.807) is 15.9 Å². The highest BCUT2D eigenvalue weighted by molar-refractivity contribution is 7.12. The molecule has 5 rings (SSSR count). The van der Waals surface area contributed by atoms with Crippen molar-refractivity contribution in [2.24, 2.45) is 11.7 Å². The van der Waals surface area contributed by atoms with E-state index in [9.17, 15) is 14.7 Å². The van der Waals surface area contributed by atoms with Gasteiger partial charge < -0.3 is 15.6 Å². The maximum absolute atomic E-state index is 15.4. The van der Waals surface area contributed by atoms with E-state index in [4.69, 9.17) is 10.5 Å². The van der Waals surface area contributed by atoms with Gasteiger partial charge in [0.05, 0.1) is 23.8 Å². The normalized spacial score (nSPS) is 26.2. The second-order valence-corrected chi connectivity index (χ2v) is 9.94. The number of aromatic amines is 1. The van der Waals surface area contributed by atoms with Crippen LogP contribution in [0, 0.1) is 5.92 Å². The molecule has 0 radical (unpaired) electrons. The Morgan fingerprint density at radius 3 is 2.84 bits per heavy atom. The van der Waals surface area contributed by atoms with E-state index in [-0.39, 0.29) is 30.2 Å². The van der Waals surface area contributed by atoms with Gasteiger partial charge in [-0.05, 0) is 55.7 Å². The zero-order valence-electron chi connectivity index (χ0n) is 17.3. The summed E-state index contributed by atoms with van der Waals surface area (Å²) in [6, 6.07) is 1.77. The standard InChI is InChI=1S/C22H26FN3O4S/c1-30-20-18(17-7-11-6-10(15(24)9-27)2-5-16(11)31-17)14(23)8-13-19(20)26(12-3-4-12)22(29)25-21(13)28/h7-8,10,12,15,18,20,27H,2-6,9,24H2,1H3,(H,25,28,29). The van der Waals surface area contributed by atoms with Crippen LogP contribution in [0.5, 0.6) is 0 Å². The fourth-order valence-corrected chi connectivity index (χ4v) is 6.35. The van der Waals surface area contributed by atoms with Crippen LogP contribution in [0.25, 0.3) is 6.08 Å². The van der Waals surface area contributed by atoms with Gasteiger partial charge in [0.15, 0.2) is 0 Å². The Morgan fingerprint density at radius 2 is 2.16 bits per heavy atom. The number of nitrogens with one attached hydrogen (secondary N) is 1. The molecule has 166 valence electrons. The number of ether oxygens (including phenoxy) is 1. The van der Waals surface area contributed by atoms with Gasteiger partial charge in [0.2, 0.25) is 0 Å². The number of aliphatic hydroxyl groups excluding tert-OH is 1. The minimum atomic E-state index is -0.758. The predicted octanol–water partition coefficient (Wildman–Crippen LogP) is 2.15. The maximum Gasteiger partial charge on any atom is 0.328 e. The van der Waals surface area contributed by atoms with Crippen molar-refractivity contribution < 1.29 is 14.2 Å². The number of rotatable bonds is 5. The number of hydrogen-bond donors (Lipinski definition) is 3. The summed E-state index contributed by atoms with van der Waals surface area (Å²) >= 11 is 1.56. The van der Waals surface area contributed by atoms with Crippen LogP contribution in [0.15, 0.2) is 21.5 Å². The lowest BCUT2D eigenvalue weighted by atomic mass is 9.83. The Hall–Kier alpha value is -2.07. The van der Waals surface area contributed by atoms with E-state index in [0.29, 0.717) is 5.69 Å². The number of thiophene rings is 1. The number of aryl methyl sites for hydroxylation is 1. The number of nitrogens with two attached hydrogens (primary N) is 1. The van der Waals surface area contributed by atoms with Gasteiger partial charge in [0.25, 0.3) is 5.56 Å². The summed E-state index contributed by atoms with van der Waals surface area (Å²) in [6.45, 7) is -0.0488. The van der Waals surface area contributed by atoms with Crippen molar-refractivity contribution in [2.75, 3.05) is 13.7 Å². The van der Waals surface area contributed by atoms with Crippen molar-refractivity contribution in [3.8, 4) is 0 Å². The molecule has 0 amide bonds. The molecule has 0 aliphatic heterocycles. The van der Waals surface area contributed by atoms with E-state index in [0.717, 1.165) is 42.5 Å². The Balaban J connectivity index is 1.58. The lowest BCUT2D eigenvalue weighted by molar-refractivity contribution is 0.0733. The van der Waals surface area contributed by atoms with Gasteiger partial charge in [0, 0.05) is 28.9 Å². The topological polar surface area (TPSA) is 110 Å². The van der Waals surface area contributed by atoms with Crippen LogP contribution < -0.4 is 17.0 Å². The monoisotopic (exact) mass is 447 g/mol. The molecule has 2 aromatic rings. The molecule has 1 fully saturated rings. The molecule has 7 nitrogen and oxygen atoms in total. The quantitative estimate of drug-likeness (QED) is 0.651. The molecule has 9 heteroatoms. The molecular weight excluding hydrogens is 421 g/mol. The van der Waals surface area contributed by atoms with Crippen molar-refractivity contribution in [3.05, 3.63) is 59.3 Å². The summed E-state index contributed by atoms with van der Waals surface area (Å²) < 4.78 is 22.7. The van der Waals surface area contributed by atoms with Gasteiger partial charge in [0.1, 0.15) is 11.9 Å². The van der Waals surface area contributed by atoms with E-state index in [2.05, 4.69) is 4.98 Å². The first kappa shape index (κ1) is 20.8. The molecule has 31 heavy (non-hydrogen) atoms. The van der Waals surface area contributed by atoms with E-state index in [1.807, 2.05) is 6.07 Å². The van der Waals surface area contributed by atoms with Crippen molar-refractivity contribution in [3.63, 3.8) is 0 Å². The molecule has 4 unspecified atom stereocenters. The Kier molecular flexibility index (Phi) is 5.24. The molecule has 0 bridgehead atoms. The molecular formula is C22H26FN3O4S. The molecule has 1 saturated carbocycles. The summed E-state index contributed by atoms with van der Waals surface area (Å²) in [5.74, 6) is -0.943. The second-order valence-electron chi connectivity index (χ2n) is 8.77. The fraction of sp³-hybridized carbons (Fsp3) is 0.545. The first-order valence-corrected chi connectivity index (χ1v) is 11.5. The third-order valence-corrected chi connectivity index (χ3v) is 8.12. The van der Waals surface area contributed by atoms with Gasteiger partial charge in [-0.1, -0.05) is 0 Å². The number of fused-ring (bicyclic) bond motifs is 2. The van der Waals surface area contributed by atoms with Crippen molar-refractivity contribution >= 4 is 17.4 Å². The minimum Gasteiger partial charge on any atom is -0.395 e. The van der Waals surface area contributed by atoms with Crippen LogP contribution in [0.3, 0.4) is 0 Å². The number of H-pyrrole nitrogens is 1. The molecule has 3 aliphatic rings. The molecule has 0 aromatic carbocycles. The highest BCUT2D eigenvalue weighted by Crippen LogP contribution is 2.49. The van der Waals surface area contributed by atoms with Crippen LogP contribution in [-0.4, -0.2) is 34.4 Å². The molecule has 2 aromatic heterocycles. The van der Waals surface area contributed by atoms with Gasteiger partial charge in [-0.3, -0.25) is 14.3 Å². The summed E-state index contributed by atoms with van der Waals surface area (Å²) in [5, 5.41) is 9.41. The highest BCUT2D eigenvalue weighted by atomic mass is 32.1. The summed E-state index contributed by atoms with van der Waals surface area (Å²) in [6.07, 6.45) is 4.70. The van der Waals surface area contributed by atoms with Crippen molar-refractivity contribution in [1.82, 2.24) is 9.55 Å². The van der Waals surface area contributed by atoms with E-state index in [1.165, 1.54) is 18.1 Å². The average molecular weight is 448 g/mol. The lowest BCUT2D eigenvalue weighted by Gasteiger charge is -2.31. The predicted molar refractivity (Wildman–Crippen MR) is 116 cm³/mol. The van der Waals surface area contributed by atoms with Gasteiger partial charge >= 0.3 is 5.69 Å². The smallest absolute Gasteiger partial charge is 0.328 e. The SMILES string of the molecule is COC1c2c(c(=O)[nH]c(=O)n2C2CC2)C=C(F)C1c1cc2c(s1)CCC(C(N)CO)C2. The zero-order chi connectivity index (χ0) is 21.9. The summed E-state index contributed by atoms with van der Waals surface area (Å²) in [7, 11) is 1.49. The number of hydrogen-bond acceptors (Lipinski definition) is 6. The van der Waals surface area contributed by atoms with Crippen LogP contribution in [0.4, 0.5) is 4.39 Å². The Morgan fingerprint density at radius 1 is 1.39 bits per heavy atom. The van der Waals surface area contributed by atoms with Crippen LogP contribution in [0.2, 0.25) is 0 Å². The summed E-state index contributed by atoms with van der Waals surface area (Å²) in [4.78, 5) is 29.4. The highest BCUT2D eigenvalue weighted by Gasteiger charge is 2.41. The molecule has 3 aliphatic carbocycles. The van der Waals surface area contributed by atoms with Gasteiger partial charge in [-0.2, -0.15) is 0 Å².